The van der Waals surface area contributed by atoms with E-state index >= 15 is 0 Å². The number of fused-ring (bicyclic) bond motifs is 1. The second-order valence-electron chi connectivity index (χ2n) is 5.88. The summed E-state index contributed by atoms with van der Waals surface area (Å²) in [6, 6.07) is 6.47. The highest BCUT2D eigenvalue weighted by atomic mass is 79.9. The lowest BCUT2D eigenvalue weighted by Gasteiger charge is -2.26. The van der Waals surface area contributed by atoms with Crippen molar-refractivity contribution in [3.05, 3.63) is 33.3 Å². The number of ether oxygens (including phenoxy) is 2. The van der Waals surface area contributed by atoms with Crippen LogP contribution in [0.3, 0.4) is 0 Å². The molecule has 0 radical (unpaired) electrons. The van der Waals surface area contributed by atoms with E-state index in [0.29, 0.717) is 27.1 Å². The first kappa shape index (κ1) is 20.5. The highest BCUT2D eigenvalue weighted by Gasteiger charge is 2.30. The number of anilines is 3. The number of hydrogen-bond acceptors (Lipinski definition) is 11. The number of pyridine rings is 1. The lowest BCUT2D eigenvalue weighted by Crippen LogP contribution is -2.32. The van der Waals surface area contributed by atoms with Crippen LogP contribution in [-0.2, 0) is 0 Å². The third-order valence-electron chi connectivity index (χ3n) is 4.21. The Labute approximate surface area is 179 Å². The summed E-state index contributed by atoms with van der Waals surface area (Å²) in [5.41, 5.74) is 13.3. The molecule has 0 fully saturated rings. The molecule has 1 atom stereocenters. The predicted molar refractivity (Wildman–Crippen MR) is 111 cm³/mol. The monoisotopic (exact) mass is 467 g/mol. The SMILES string of the molecule is COc1cc(C2N=C(NC#N)Nc3nc(N)c(C#N)c(N)c32)cc(Br)c1OCC#N. The molecule has 0 spiro atoms. The molecule has 0 bridgehead atoms. The lowest BCUT2D eigenvalue weighted by molar-refractivity contribution is 0.327. The Hall–Kier alpha value is -4.21. The minimum atomic E-state index is -0.743. The number of halogens is 1. The van der Waals surface area contributed by atoms with E-state index in [0.717, 1.165) is 0 Å². The van der Waals surface area contributed by atoms with Crippen molar-refractivity contribution in [3.63, 3.8) is 0 Å². The molecule has 1 aromatic carbocycles. The molecule has 0 amide bonds. The summed E-state index contributed by atoms with van der Waals surface area (Å²) in [6.07, 6.45) is 1.79. The van der Waals surface area contributed by atoms with Gasteiger partial charge >= 0.3 is 0 Å². The summed E-state index contributed by atoms with van der Waals surface area (Å²) in [5.74, 6) is 1.05. The molecule has 12 heteroatoms. The molecule has 1 unspecified atom stereocenters. The minimum absolute atomic E-state index is 0.0347. The number of guanidine groups is 1. The van der Waals surface area contributed by atoms with Gasteiger partial charge in [-0.3, -0.25) is 5.32 Å². The fourth-order valence-electron chi connectivity index (χ4n) is 2.96. The van der Waals surface area contributed by atoms with Crippen LogP contribution in [0.25, 0.3) is 0 Å². The van der Waals surface area contributed by atoms with E-state index in [-0.39, 0.29) is 35.5 Å². The van der Waals surface area contributed by atoms with Crippen molar-refractivity contribution in [1.82, 2.24) is 10.3 Å². The third kappa shape index (κ3) is 3.58. The van der Waals surface area contributed by atoms with Crippen LogP contribution < -0.4 is 31.6 Å². The van der Waals surface area contributed by atoms with E-state index in [9.17, 15) is 5.26 Å². The number of aromatic nitrogens is 1. The zero-order valence-electron chi connectivity index (χ0n) is 15.5. The molecule has 2 aromatic rings. The van der Waals surface area contributed by atoms with Crippen molar-refractivity contribution < 1.29 is 9.47 Å². The van der Waals surface area contributed by atoms with E-state index in [1.807, 2.05) is 12.1 Å². The normalized spacial score (nSPS) is 14.1. The van der Waals surface area contributed by atoms with Crippen molar-refractivity contribution in [2.24, 2.45) is 4.99 Å². The smallest absolute Gasteiger partial charge is 0.211 e. The highest BCUT2D eigenvalue weighted by molar-refractivity contribution is 9.10. The molecule has 30 heavy (non-hydrogen) atoms. The van der Waals surface area contributed by atoms with E-state index < -0.39 is 6.04 Å². The summed E-state index contributed by atoms with van der Waals surface area (Å²) in [4.78, 5) is 8.70. The molecule has 150 valence electrons. The fourth-order valence-corrected chi connectivity index (χ4v) is 3.54. The van der Waals surface area contributed by atoms with Crippen LogP contribution in [0.4, 0.5) is 17.3 Å². The van der Waals surface area contributed by atoms with E-state index in [1.165, 1.54) is 7.11 Å². The van der Waals surface area contributed by atoms with Crippen LogP contribution in [0.5, 0.6) is 11.5 Å². The molecule has 11 nitrogen and oxygen atoms in total. The van der Waals surface area contributed by atoms with Gasteiger partial charge in [-0.25, -0.2) is 9.98 Å². The number of nitrogens with two attached hydrogens (primary N) is 2. The molecule has 1 aliphatic rings. The van der Waals surface area contributed by atoms with Gasteiger partial charge in [0, 0.05) is 5.56 Å². The van der Waals surface area contributed by atoms with E-state index in [2.05, 4.69) is 36.5 Å². The Morgan fingerprint density at radius 1 is 1.30 bits per heavy atom. The Balaban J connectivity index is 2.23. The maximum atomic E-state index is 9.41. The number of nitriles is 3. The van der Waals surface area contributed by atoms with Crippen LogP contribution in [-0.4, -0.2) is 24.7 Å². The average Bonchev–Trinajstić information content (AvgIpc) is 2.72. The zero-order valence-corrected chi connectivity index (χ0v) is 17.1. The van der Waals surface area contributed by atoms with Crippen molar-refractivity contribution in [3.8, 4) is 29.8 Å². The number of rotatable bonds is 4. The average molecular weight is 468 g/mol. The number of nitrogens with one attached hydrogen (secondary N) is 2. The molecule has 0 aliphatic carbocycles. The molecular formula is C18H14BrN9O2. The molecule has 6 N–H and O–H groups in total. The summed E-state index contributed by atoms with van der Waals surface area (Å²) in [6.45, 7) is -0.166. The second kappa shape index (κ2) is 8.43. The van der Waals surface area contributed by atoms with Crippen molar-refractivity contribution >= 4 is 39.2 Å². The Morgan fingerprint density at radius 3 is 2.70 bits per heavy atom. The summed E-state index contributed by atoms with van der Waals surface area (Å²) in [5, 5.41) is 32.5. The summed E-state index contributed by atoms with van der Waals surface area (Å²) >= 11 is 3.41. The first-order chi connectivity index (χ1) is 14.4. The Kier molecular flexibility index (Phi) is 5.77. The number of nitrogens with zero attached hydrogens (tertiary/aromatic N) is 5. The van der Waals surface area contributed by atoms with Gasteiger partial charge in [0.1, 0.15) is 35.4 Å². The molecule has 0 saturated carbocycles. The molecule has 3 rings (SSSR count). The lowest BCUT2D eigenvalue weighted by atomic mass is 9.95. The van der Waals surface area contributed by atoms with Gasteiger partial charge in [-0.05, 0) is 33.6 Å². The van der Waals surface area contributed by atoms with Gasteiger partial charge in [-0.2, -0.15) is 15.8 Å². The van der Waals surface area contributed by atoms with Crippen LogP contribution >= 0.6 is 15.9 Å². The standard InChI is InChI=1S/C18H14BrN9O2/c1-29-11-5-8(4-10(19)15(11)30-3-2-20)14-12-13(23)9(6-21)16(24)27-17(12)28-18(26-14)25-7-22/h4-5,14H,3H2,1H3,(H6,23,24,25,26,27,28). The molecule has 0 saturated heterocycles. The number of benzene rings is 1. The summed E-state index contributed by atoms with van der Waals surface area (Å²) < 4.78 is 11.3. The van der Waals surface area contributed by atoms with Crippen LogP contribution in [0.1, 0.15) is 22.7 Å². The number of hydrogen-bond donors (Lipinski definition) is 4. The van der Waals surface area contributed by atoms with Gasteiger partial charge in [0.15, 0.2) is 24.3 Å². The highest BCUT2D eigenvalue weighted by Crippen LogP contribution is 2.44. The number of nitrogen functional groups attached to an aromatic ring is 2. The molecule has 1 aromatic heterocycles. The molecule has 2 heterocycles. The van der Waals surface area contributed by atoms with Gasteiger partial charge in [0.2, 0.25) is 5.96 Å². The van der Waals surface area contributed by atoms with Crippen LogP contribution in [0.15, 0.2) is 21.6 Å². The predicted octanol–water partition coefficient (Wildman–Crippen LogP) is 1.73. The quantitative estimate of drug-likeness (QED) is 0.379. The van der Waals surface area contributed by atoms with Crippen LogP contribution in [0, 0.1) is 34.1 Å². The minimum Gasteiger partial charge on any atom is -0.493 e. The topological polar surface area (TPSA) is 191 Å². The number of aliphatic imine (C=N–C) groups is 1. The largest absolute Gasteiger partial charge is 0.493 e. The third-order valence-corrected chi connectivity index (χ3v) is 4.80. The van der Waals surface area contributed by atoms with Gasteiger partial charge in [0.25, 0.3) is 0 Å². The zero-order chi connectivity index (χ0) is 21.8. The molecular weight excluding hydrogens is 454 g/mol. The maximum absolute atomic E-state index is 9.41. The van der Waals surface area contributed by atoms with E-state index in [1.54, 1.807) is 18.3 Å². The summed E-state index contributed by atoms with van der Waals surface area (Å²) in [7, 11) is 1.46. The number of methoxy groups -OCH3 is 1. The Morgan fingerprint density at radius 2 is 2.07 bits per heavy atom. The van der Waals surface area contributed by atoms with Gasteiger partial charge < -0.3 is 26.3 Å². The van der Waals surface area contributed by atoms with E-state index in [4.69, 9.17) is 31.5 Å². The van der Waals surface area contributed by atoms with Gasteiger partial charge in [-0.15, -0.1) is 0 Å². The van der Waals surface area contributed by atoms with Crippen molar-refractivity contribution in [1.29, 1.82) is 15.8 Å². The van der Waals surface area contributed by atoms with Gasteiger partial charge in [0.05, 0.1) is 17.3 Å². The fraction of sp³-hybridized carbons (Fsp3) is 0.167. The van der Waals surface area contributed by atoms with Crippen LogP contribution in [0.2, 0.25) is 0 Å². The first-order valence-electron chi connectivity index (χ1n) is 8.31. The Bertz CT molecular complexity index is 1170. The molecule has 1 aliphatic heterocycles. The van der Waals surface area contributed by atoms with Crippen molar-refractivity contribution in [2.75, 3.05) is 30.5 Å². The second-order valence-corrected chi connectivity index (χ2v) is 6.74. The first-order valence-corrected chi connectivity index (χ1v) is 9.10. The maximum Gasteiger partial charge on any atom is 0.211 e. The van der Waals surface area contributed by atoms with Crippen molar-refractivity contribution in [2.45, 2.75) is 6.04 Å². The van der Waals surface area contributed by atoms with Gasteiger partial charge in [-0.1, -0.05) is 0 Å².